The average molecular weight is 412 g/mol. The fourth-order valence-corrected chi connectivity index (χ4v) is 4.75. The number of carbonyl (C=O) groups is 1. The van der Waals surface area contributed by atoms with E-state index in [4.69, 9.17) is 4.74 Å². The van der Waals surface area contributed by atoms with Gasteiger partial charge in [-0.1, -0.05) is 65.6 Å². The van der Waals surface area contributed by atoms with Crippen LogP contribution in [0.15, 0.2) is 58.9 Å². The molecule has 28 heavy (non-hydrogen) atoms. The molecule has 5 nitrogen and oxygen atoms in total. The van der Waals surface area contributed by atoms with Crippen molar-refractivity contribution >= 4 is 34.1 Å². The maximum Gasteiger partial charge on any atom is 0.225 e. The van der Waals surface area contributed by atoms with Crippen molar-refractivity contribution in [2.24, 2.45) is 0 Å². The second-order valence-corrected chi connectivity index (χ2v) is 8.86. The van der Waals surface area contributed by atoms with Crippen molar-refractivity contribution in [3.63, 3.8) is 0 Å². The number of aromatic nitrogens is 2. The number of hydrogen-bond acceptors (Lipinski definition) is 6. The molecule has 1 saturated carbocycles. The van der Waals surface area contributed by atoms with E-state index in [0.717, 1.165) is 39.8 Å². The Hall–Kier alpha value is -2.38. The number of hydrogen-bond donors (Lipinski definition) is 0. The largest absolute Gasteiger partial charge is 0.489 e. The number of anilines is 1. The highest BCUT2D eigenvalue weighted by molar-refractivity contribution is 8.00. The van der Waals surface area contributed by atoms with E-state index in [0.29, 0.717) is 17.8 Å². The molecule has 7 heteroatoms. The van der Waals surface area contributed by atoms with Crippen LogP contribution in [0.25, 0.3) is 0 Å². The second-order valence-electron chi connectivity index (χ2n) is 6.68. The van der Waals surface area contributed by atoms with E-state index in [1.807, 2.05) is 30.3 Å². The molecular weight excluding hydrogens is 390 g/mol. The van der Waals surface area contributed by atoms with E-state index in [1.165, 1.54) is 11.3 Å². The number of benzene rings is 2. The van der Waals surface area contributed by atoms with Crippen LogP contribution in [0, 0.1) is 0 Å². The van der Waals surface area contributed by atoms with Gasteiger partial charge < -0.3 is 4.74 Å². The van der Waals surface area contributed by atoms with E-state index >= 15 is 0 Å². The lowest BCUT2D eigenvalue weighted by atomic mass is 10.2. The van der Waals surface area contributed by atoms with Gasteiger partial charge in [-0.25, -0.2) is 0 Å². The van der Waals surface area contributed by atoms with Crippen molar-refractivity contribution in [2.45, 2.75) is 42.5 Å². The lowest BCUT2D eigenvalue weighted by Crippen LogP contribution is -2.30. The number of amides is 1. The Kier molecular flexibility index (Phi) is 5.92. The first-order chi connectivity index (χ1) is 13.7. The fraction of sp³-hybridized carbons (Fsp3) is 0.286. The van der Waals surface area contributed by atoms with Gasteiger partial charge in [-0.3, -0.25) is 9.69 Å². The third-order valence-corrected chi connectivity index (χ3v) is 6.49. The lowest BCUT2D eigenvalue weighted by molar-refractivity contribution is -0.116. The van der Waals surface area contributed by atoms with Gasteiger partial charge in [0.1, 0.15) is 12.4 Å². The molecule has 0 saturated heterocycles. The molecule has 1 aliphatic rings. The van der Waals surface area contributed by atoms with E-state index in [2.05, 4.69) is 34.5 Å². The van der Waals surface area contributed by atoms with Gasteiger partial charge in [0.15, 0.2) is 4.34 Å². The third kappa shape index (κ3) is 4.91. The third-order valence-electron chi connectivity index (χ3n) is 4.36. The Balaban J connectivity index is 1.34. The molecule has 1 fully saturated rings. The summed E-state index contributed by atoms with van der Waals surface area (Å²) in [6.45, 7) is 2.15. The van der Waals surface area contributed by atoms with Crippen LogP contribution in [0.2, 0.25) is 0 Å². The van der Waals surface area contributed by atoms with Crippen LogP contribution in [-0.4, -0.2) is 22.1 Å². The molecule has 0 radical (unpaired) electrons. The van der Waals surface area contributed by atoms with E-state index < -0.39 is 0 Å². The number of thioether (sulfide) groups is 1. The SMILES string of the molecule is CC(=O)N(c1nnc(SCc2cccc(OCc3ccccc3)c2)s1)C1CC1. The van der Waals surface area contributed by atoms with E-state index in [9.17, 15) is 4.79 Å². The summed E-state index contributed by atoms with van der Waals surface area (Å²) < 4.78 is 6.77. The summed E-state index contributed by atoms with van der Waals surface area (Å²) in [5.74, 6) is 1.68. The summed E-state index contributed by atoms with van der Waals surface area (Å²) in [6.07, 6.45) is 2.11. The van der Waals surface area contributed by atoms with Gasteiger partial charge in [-0.15, -0.1) is 10.2 Å². The number of carbonyl (C=O) groups excluding carboxylic acids is 1. The average Bonchev–Trinajstić information content (AvgIpc) is 3.43. The number of rotatable bonds is 8. The van der Waals surface area contributed by atoms with Crippen molar-refractivity contribution in [1.82, 2.24) is 10.2 Å². The Labute approximate surface area is 172 Å². The highest BCUT2D eigenvalue weighted by atomic mass is 32.2. The maximum atomic E-state index is 11.9. The Bertz CT molecular complexity index is 942. The van der Waals surface area contributed by atoms with Crippen LogP contribution in [0.5, 0.6) is 5.75 Å². The maximum absolute atomic E-state index is 11.9. The van der Waals surface area contributed by atoms with Crippen molar-refractivity contribution in [1.29, 1.82) is 0 Å². The Morgan fingerprint density at radius 1 is 1.14 bits per heavy atom. The molecule has 0 atom stereocenters. The topological polar surface area (TPSA) is 55.3 Å². The van der Waals surface area contributed by atoms with E-state index in [-0.39, 0.29) is 5.91 Å². The van der Waals surface area contributed by atoms with E-state index in [1.54, 1.807) is 23.6 Å². The zero-order valence-corrected chi connectivity index (χ0v) is 17.2. The van der Waals surface area contributed by atoms with Gasteiger partial charge in [0.05, 0.1) is 0 Å². The summed E-state index contributed by atoms with van der Waals surface area (Å²) in [7, 11) is 0. The molecule has 1 amide bonds. The molecule has 0 bridgehead atoms. The van der Waals surface area contributed by atoms with Crippen LogP contribution in [0.4, 0.5) is 5.13 Å². The zero-order chi connectivity index (χ0) is 19.3. The quantitative estimate of drug-likeness (QED) is 0.389. The van der Waals surface area contributed by atoms with Crippen LogP contribution in [0.1, 0.15) is 30.9 Å². The van der Waals surface area contributed by atoms with Gasteiger partial charge in [-0.2, -0.15) is 0 Å². The van der Waals surface area contributed by atoms with Crippen LogP contribution in [0.3, 0.4) is 0 Å². The van der Waals surface area contributed by atoms with Crippen LogP contribution < -0.4 is 9.64 Å². The first kappa shape index (κ1) is 19.0. The van der Waals surface area contributed by atoms with Gasteiger partial charge in [0.25, 0.3) is 0 Å². The highest BCUT2D eigenvalue weighted by Gasteiger charge is 2.34. The minimum absolute atomic E-state index is 0.0402. The number of nitrogens with zero attached hydrogens (tertiary/aromatic N) is 3. The summed E-state index contributed by atoms with van der Waals surface area (Å²) in [4.78, 5) is 13.6. The molecule has 0 unspecified atom stereocenters. The molecule has 3 aromatic rings. The molecule has 1 aliphatic carbocycles. The minimum atomic E-state index is 0.0402. The minimum Gasteiger partial charge on any atom is -0.489 e. The molecule has 0 spiro atoms. The lowest BCUT2D eigenvalue weighted by Gasteiger charge is -2.15. The normalized spacial score (nSPS) is 13.3. The monoisotopic (exact) mass is 411 g/mol. The van der Waals surface area contributed by atoms with Crippen molar-refractivity contribution < 1.29 is 9.53 Å². The molecular formula is C21H21N3O2S2. The summed E-state index contributed by atoms with van der Waals surface area (Å²) in [5, 5.41) is 9.18. The van der Waals surface area contributed by atoms with Gasteiger partial charge >= 0.3 is 0 Å². The number of ether oxygens (including phenoxy) is 1. The molecule has 4 rings (SSSR count). The van der Waals surface area contributed by atoms with Crippen molar-refractivity contribution in [2.75, 3.05) is 4.90 Å². The van der Waals surface area contributed by atoms with Crippen molar-refractivity contribution in [3.8, 4) is 5.75 Å². The summed E-state index contributed by atoms with van der Waals surface area (Å²) in [6, 6.07) is 18.6. The predicted molar refractivity (Wildman–Crippen MR) is 113 cm³/mol. The molecule has 0 aliphatic heterocycles. The molecule has 144 valence electrons. The Morgan fingerprint density at radius 3 is 2.68 bits per heavy atom. The van der Waals surface area contributed by atoms with Gasteiger partial charge in [0, 0.05) is 18.7 Å². The van der Waals surface area contributed by atoms with Gasteiger partial charge in [-0.05, 0) is 36.1 Å². The molecule has 1 aromatic heterocycles. The zero-order valence-electron chi connectivity index (χ0n) is 15.6. The standard InChI is InChI=1S/C21H21N3O2S2/c1-15(25)24(18-10-11-18)20-22-23-21(28-20)27-14-17-8-5-9-19(12-17)26-13-16-6-3-2-4-7-16/h2-9,12,18H,10-11,13-14H2,1H3. The fourth-order valence-electron chi connectivity index (χ4n) is 2.85. The van der Waals surface area contributed by atoms with Crippen LogP contribution in [-0.2, 0) is 17.2 Å². The van der Waals surface area contributed by atoms with Gasteiger partial charge in [0.2, 0.25) is 11.0 Å². The molecule has 2 aromatic carbocycles. The van der Waals surface area contributed by atoms with Crippen molar-refractivity contribution in [3.05, 3.63) is 65.7 Å². The summed E-state index contributed by atoms with van der Waals surface area (Å²) >= 11 is 3.11. The highest BCUT2D eigenvalue weighted by Crippen LogP contribution is 2.36. The predicted octanol–water partition coefficient (Wildman–Crippen LogP) is 4.92. The second kappa shape index (κ2) is 8.75. The Morgan fingerprint density at radius 2 is 1.93 bits per heavy atom. The smallest absolute Gasteiger partial charge is 0.225 e. The van der Waals surface area contributed by atoms with Crippen LogP contribution >= 0.6 is 23.1 Å². The first-order valence-corrected chi connectivity index (χ1v) is 11.0. The molecule has 0 N–H and O–H groups in total. The summed E-state index contributed by atoms with van der Waals surface area (Å²) in [5.41, 5.74) is 2.31. The molecule has 1 heterocycles. The first-order valence-electron chi connectivity index (χ1n) is 9.21.